The molecule has 2 aromatic rings. The molecule has 0 radical (unpaired) electrons. The highest BCUT2D eigenvalue weighted by Crippen LogP contribution is 2.43. The zero-order valence-corrected chi connectivity index (χ0v) is 11.1. The van der Waals surface area contributed by atoms with Crippen LogP contribution in [-0.2, 0) is 0 Å². The number of hydrogen-bond donors (Lipinski definition) is 0. The summed E-state index contributed by atoms with van der Waals surface area (Å²) < 4.78 is 0. The Morgan fingerprint density at radius 1 is 1.05 bits per heavy atom. The lowest BCUT2D eigenvalue weighted by Gasteiger charge is -2.17. The average Bonchev–Trinajstić information content (AvgIpc) is 2.89. The lowest BCUT2D eigenvalue weighted by Crippen LogP contribution is -2.29. The third-order valence-electron chi connectivity index (χ3n) is 4.20. The number of nitrogens with zero attached hydrogens (tertiary/aromatic N) is 1. The summed E-state index contributed by atoms with van der Waals surface area (Å²) >= 11 is 0. The number of allylic oxidation sites excluding steroid dienone is 1. The molecule has 2 heteroatoms. The molecule has 2 aromatic carbocycles. The minimum absolute atomic E-state index is 0.105. The van der Waals surface area contributed by atoms with Crippen molar-refractivity contribution in [3.63, 3.8) is 0 Å². The Hall–Kier alpha value is -2.35. The van der Waals surface area contributed by atoms with Gasteiger partial charge in [-0.1, -0.05) is 42.5 Å². The van der Waals surface area contributed by atoms with Gasteiger partial charge in [0, 0.05) is 23.7 Å². The van der Waals surface area contributed by atoms with E-state index < -0.39 is 0 Å². The van der Waals surface area contributed by atoms with Crippen molar-refractivity contribution in [2.45, 2.75) is 12.3 Å². The molecule has 4 rings (SSSR count). The molecule has 1 aliphatic carbocycles. The highest BCUT2D eigenvalue weighted by Gasteiger charge is 2.34. The second kappa shape index (κ2) is 4.34. The van der Waals surface area contributed by atoms with Crippen molar-refractivity contribution in [3.05, 3.63) is 71.3 Å². The Labute approximate surface area is 118 Å². The number of amides is 1. The normalized spacial score (nSPS) is 19.0. The predicted molar refractivity (Wildman–Crippen MR) is 81.0 cm³/mol. The van der Waals surface area contributed by atoms with Crippen molar-refractivity contribution in [3.8, 4) is 0 Å². The fourth-order valence-electron chi connectivity index (χ4n) is 3.29. The minimum Gasteiger partial charge on any atom is -0.307 e. The summed E-state index contributed by atoms with van der Waals surface area (Å²) in [4.78, 5) is 14.6. The number of carbonyl (C=O) groups excluding carboxylic acids is 1. The molecule has 0 fully saturated rings. The quantitative estimate of drug-likeness (QED) is 0.763. The summed E-state index contributed by atoms with van der Waals surface area (Å²) in [5.74, 6) is 0.562. The number of hydrogen-bond acceptors (Lipinski definition) is 1. The van der Waals surface area contributed by atoms with Gasteiger partial charge in [-0.2, -0.15) is 0 Å². The molecule has 0 aromatic heterocycles. The van der Waals surface area contributed by atoms with Crippen LogP contribution < -0.4 is 4.90 Å². The van der Waals surface area contributed by atoms with Crippen LogP contribution in [0.2, 0.25) is 0 Å². The van der Waals surface area contributed by atoms with Crippen LogP contribution in [-0.4, -0.2) is 12.5 Å². The van der Waals surface area contributed by atoms with Gasteiger partial charge in [0.1, 0.15) is 0 Å². The highest BCUT2D eigenvalue weighted by atomic mass is 16.2. The largest absolute Gasteiger partial charge is 0.307 e. The molecule has 0 N–H and O–H groups in total. The SMILES string of the molecule is O=C(c1ccccc1)N1C[C@@H]2CC=Cc3cccc1c32. The molecule has 2 nitrogen and oxygen atoms in total. The van der Waals surface area contributed by atoms with Crippen LogP contribution in [0.1, 0.15) is 33.8 Å². The van der Waals surface area contributed by atoms with Crippen molar-refractivity contribution in [1.82, 2.24) is 0 Å². The van der Waals surface area contributed by atoms with Crippen molar-refractivity contribution < 1.29 is 4.79 Å². The van der Waals surface area contributed by atoms with E-state index in [1.54, 1.807) is 0 Å². The molecule has 98 valence electrons. The lowest BCUT2D eigenvalue weighted by molar-refractivity contribution is 0.0988. The van der Waals surface area contributed by atoms with E-state index in [1.165, 1.54) is 11.1 Å². The van der Waals surface area contributed by atoms with Crippen molar-refractivity contribution >= 4 is 17.7 Å². The van der Waals surface area contributed by atoms with Crippen molar-refractivity contribution in [2.75, 3.05) is 11.4 Å². The molecule has 0 spiro atoms. The first kappa shape index (κ1) is 11.5. The molecule has 2 aliphatic rings. The lowest BCUT2D eigenvalue weighted by atomic mass is 9.89. The number of carbonyl (C=O) groups is 1. The minimum atomic E-state index is 0.105. The van der Waals surface area contributed by atoms with Crippen molar-refractivity contribution in [1.29, 1.82) is 0 Å². The summed E-state index contributed by atoms with van der Waals surface area (Å²) in [7, 11) is 0. The van der Waals surface area contributed by atoms with Gasteiger partial charge in [0.05, 0.1) is 0 Å². The molecule has 0 unspecified atom stereocenters. The van der Waals surface area contributed by atoms with E-state index in [0.717, 1.165) is 24.2 Å². The van der Waals surface area contributed by atoms with E-state index in [4.69, 9.17) is 0 Å². The maximum Gasteiger partial charge on any atom is 0.258 e. The summed E-state index contributed by atoms with van der Waals surface area (Å²) in [6, 6.07) is 15.8. The molecule has 1 atom stereocenters. The van der Waals surface area contributed by atoms with Gasteiger partial charge in [-0.3, -0.25) is 4.79 Å². The summed E-state index contributed by atoms with van der Waals surface area (Å²) in [5.41, 5.74) is 4.46. The van der Waals surface area contributed by atoms with Crippen LogP contribution in [0.4, 0.5) is 5.69 Å². The van der Waals surface area contributed by atoms with Crippen LogP contribution in [0.25, 0.3) is 6.08 Å². The van der Waals surface area contributed by atoms with E-state index in [0.29, 0.717) is 5.92 Å². The fraction of sp³-hybridized carbons (Fsp3) is 0.167. The zero-order chi connectivity index (χ0) is 13.5. The first-order chi connectivity index (χ1) is 9.84. The van der Waals surface area contributed by atoms with Gasteiger partial charge in [0.2, 0.25) is 0 Å². The smallest absolute Gasteiger partial charge is 0.258 e. The van der Waals surface area contributed by atoms with Gasteiger partial charge < -0.3 is 4.90 Å². The number of benzene rings is 2. The Morgan fingerprint density at radius 3 is 2.75 bits per heavy atom. The Morgan fingerprint density at radius 2 is 1.90 bits per heavy atom. The third kappa shape index (κ3) is 1.61. The van der Waals surface area contributed by atoms with Crippen molar-refractivity contribution in [2.24, 2.45) is 0 Å². The Kier molecular flexibility index (Phi) is 2.49. The van der Waals surface area contributed by atoms with E-state index in [1.807, 2.05) is 41.3 Å². The summed E-state index contributed by atoms with van der Waals surface area (Å²) in [6.45, 7) is 0.796. The second-order valence-corrected chi connectivity index (χ2v) is 5.40. The molecular formula is C18H15NO. The number of anilines is 1. The van der Waals surface area contributed by atoms with Crippen LogP contribution in [0.3, 0.4) is 0 Å². The summed E-state index contributed by atoms with van der Waals surface area (Å²) in [5, 5.41) is 0. The van der Waals surface area contributed by atoms with Crippen LogP contribution in [0, 0.1) is 0 Å². The standard InChI is InChI=1S/C18H15NO/c20-18(14-6-2-1-3-7-14)19-12-15-10-4-8-13-9-5-11-16(19)17(13)15/h1-9,11,15H,10,12H2/t15-/m0/s1. The molecular weight excluding hydrogens is 246 g/mol. The molecule has 1 aliphatic heterocycles. The van der Waals surface area contributed by atoms with Crippen LogP contribution >= 0.6 is 0 Å². The number of rotatable bonds is 1. The molecule has 1 heterocycles. The molecule has 0 saturated heterocycles. The topological polar surface area (TPSA) is 20.3 Å². The fourth-order valence-corrected chi connectivity index (χ4v) is 3.29. The van der Waals surface area contributed by atoms with Gasteiger partial charge in [0.25, 0.3) is 5.91 Å². The van der Waals surface area contributed by atoms with Gasteiger partial charge >= 0.3 is 0 Å². The average molecular weight is 261 g/mol. The third-order valence-corrected chi connectivity index (χ3v) is 4.20. The molecule has 0 saturated carbocycles. The van der Waals surface area contributed by atoms with Gasteiger partial charge in [-0.15, -0.1) is 0 Å². The molecule has 1 amide bonds. The second-order valence-electron chi connectivity index (χ2n) is 5.40. The van der Waals surface area contributed by atoms with E-state index in [2.05, 4.69) is 24.3 Å². The maximum absolute atomic E-state index is 12.7. The Balaban J connectivity index is 1.78. The van der Waals surface area contributed by atoms with Gasteiger partial charge in [0.15, 0.2) is 0 Å². The maximum atomic E-state index is 12.7. The highest BCUT2D eigenvalue weighted by molar-refractivity contribution is 6.07. The van der Waals surface area contributed by atoms with Crippen LogP contribution in [0.15, 0.2) is 54.6 Å². The predicted octanol–water partition coefficient (Wildman–Crippen LogP) is 3.85. The van der Waals surface area contributed by atoms with E-state index >= 15 is 0 Å². The molecule has 20 heavy (non-hydrogen) atoms. The first-order valence-corrected chi connectivity index (χ1v) is 7.01. The van der Waals surface area contributed by atoms with E-state index in [-0.39, 0.29) is 5.91 Å². The van der Waals surface area contributed by atoms with Gasteiger partial charge in [-0.05, 0) is 35.7 Å². The summed E-state index contributed by atoms with van der Waals surface area (Å²) in [6.07, 6.45) is 5.42. The molecule has 0 bridgehead atoms. The van der Waals surface area contributed by atoms with Gasteiger partial charge in [-0.25, -0.2) is 0 Å². The van der Waals surface area contributed by atoms with E-state index in [9.17, 15) is 4.79 Å². The zero-order valence-electron chi connectivity index (χ0n) is 11.1. The monoisotopic (exact) mass is 261 g/mol. The Bertz CT molecular complexity index is 703. The first-order valence-electron chi connectivity index (χ1n) is 7.01. The van der Waals surface area contributed by atoms with Crippen LogP contribution in [0.5, 0.6) is 0 Å².